The van der Waals surface area contributed by atoms with Gasteiger partial charge >= 0.3 is 0 Å². The standard InChI is InChI=1S/C19H26FN3O2/c1-21-12-16-11-19(23(22-16)17-6-4-3-5-7-17)25-13-14-10-15(20)8-9-18(14)24-2/h8-11,17,21H,3-7,12-13H2,1-2H3. The first-order valence-corrected chi connectivity index (χ1v) is 8.89. The summed E-state index contributed by atoms with van der Waals surface area (Å²) in [7, 11) is 3.48. The zero-order valence-electron chi connectivity index (χ0n) is 14.9. The third-order valence-corrected chi connectivity index (χ3v) is 4.65. The van der Waals surface area contributed by atoms with Crippen molar-refractivity contribution >= 4 is 0 Å². The minimum atomic E-state index is -0.295. The molecule has 6 heteroatoms. The molecule has 3 rings (SSSR count). The first-order chi connectivity index (χ1) is 12.2. The number of hydrogen-bond acceptors (Lipinski definition) is 4. The highest BCUT2D eigenvalue weighted by atomic mass is 19.1. The van der Waals surface area contributed by atoms with Crippen LogP contribution in [0.5, 0.6) is 11.6 Å². The third-order valence-electron chi connectivity index (χ3n) is 4.65. The number of benzene rings is 1. The van der Waals surface area contributed by atoms with E-state index in [1.54, 1.807) is 13.2 Å². The number of halogens is 1. The molecule has 0 radical (unpaired) electrons. The van der Waals surface area contributed by atoms with Gasteiger partial charge in [0, 0.05) is 18.2 Å². The quantitative estimate of drug-likeness (QED) is 0.827. The Kier molecular flexibility index (Phi) is 5.91. The van der Waals surface area contributed by atoms with Gasteiger partial charge in [-0.05, 0) is 38.1 Å². The molecule has 0 spiro atoms. The Hall–Kier alpha value is -2.08. The Morgan fingerprint density at radius 1 is 1.24 bits per heavy atom. The van der Waals surface area contributed by atoms with Crippen molar-refractivity contribution in [1.82, 2.24) is 15.1 Å². The van der Waals surface area contributed by atoms with Crippen LogP contribution in [-0.4, -0.2) is 23.9 Å². The van der Waals surface area contributed by atoms with Crippen molar-refractivity contribution in [2.75, 3.05) is 14.2 Å². The van der Waals surface area contributed by atoms with Crippen LogP contribution in [0.2, 0.25) is 0 Å². The summed E-state index contributed by atoms with van der Waals surface area (Å²) < 4.78 is 26.9. The first-order valence-electron chi connectivity index (χ1n) is 8.89. The number of nitrogens with zero attached hydrogens (tertiary/aromatic N) is 2. The molecule has 0 atom stereocenters. The van der Waals surface area contributed by atoms with Gasteiger partial charge in [0.05, 0.1) is 18.8 Å². The molecule has 1 aliphatic carbocycles. The lowest BCUT2D eigenvalue weighted by molar-refractivity contribution is 0.234. The first kappa shape index (κ1) is 17.7. The Bertz CT molecular complexity index is 696. The number of nitrogens with one attached hydrogen (secondary N) is 1. The maximum atomic E-state index is 13.5. The Balaban J connectivity index is 1.80. The van der Waals surface area contributed by atoms with Gasteiger partial charge in [-0.3, -0.25) is 0 Å². The molecule has 136 valence electrons. The summed E-state index contributed by atoms with van der Waals surface area (Å²) in [6.07, 6.45) is 5.99. The van der Waals surface area contributed by atoms with Crippen LogP contribution < -0.4 is 14.8 Å². The maximum Gasteiger partial charge on any atom is 0.212 e. The van der Waals surface area contributed by atoms with E-state index in [1.807, 2.05) is 17.8 Å². The highest BCUT2D eigenvalue weighted by Crippen LogP contribution is 2.32. The molecule has 1 aromatic carbocycles. The summed E-state index contributed by atoms with van der Waals surface area (Å²) >= 11 is 0. The van der Waals surface area contributed by atoms with Gasteiger partial charge in [-0.1, -0.05) is 19.3 Å². The van der Waals surface area contributed by atoms with Crippen LogP contribution in [0.4, 0.5) is 4.39 Å². The summed E-state index contributed by atoms with van der Waals surface area (Å²) in [6.45, 7) is 0.942. The molecule has 1 fully saturated rings. The van der Waals surface area contributed by atoms with Crippen LogP contribution >= 0.6 is 0 Å². The maximum absolute atomic E-state index is 13.5. The van der Waals surface area contributed by atoms with Crippen LogP contribution in [0.25, 0.3) is 0 Å². The molecule has 1 N–H and O–H groups in total. The fraction of sp³-hybridized carbons (Fsp3) is 0.526. The zero-order chi connectivity index (χ0) is 17.6. The predicted octanol–water partition coefficient (Wildman–Crippen LogP) is 3.83. The summed E-state index contributed by atoms with van der Waals surface area (Å²) in [4.78, 5) is 0. The molecule has 1 heterocycles. The lowest BCUT2D eigenvalue weighted by atomic mass is 9.96. The van der Waals surface area contributed by atoms with Gasteiger partial charge < -0.3 is 14.8 Å². The number of aromatic nitrogens is 2. The lowest BCUT2D eigenvalue weighted by Crippen LogP contribution is -2.16. The van der Waals surface area contributed by atoms with Crippen molar-refractivity contribution in [3.05, 3.63) is 41.3 Å². The van der Waals surface area contributed by atoms with Crippen molar-refractivity contribution < 1.29 is 13.9 Å². The molecule has 0 amide bonds. The van der Waals surface area contributed by atoms with E-state index in [9.17, 15) is 4.39 Å². The topological polar surface area (TPSA) is 48.3 Å². The van der Waals surface area contributed by atoms with Crippen molar-refractivity contribution in [1.29, 1.82) is 0 Å². The second kappa shape index (κ2) is 8.34. The second-order valence-corrected chi connectivity index (χ2v) is 6.49. The van der Waals surface area contributed by atoms with Gasteiger partial charge in [-0.25, -0.2) is 9.07 Å². The Labute approximate surface area is 148 Å². The van der Waals surface area contributed by atoms with Crippen molar-refractivity contribution in [3.8, 4) is 11.6 Å². The van der Waals surface area contributed by atoms with Gasteiger partial charge in [0.1, 0.15) is 18.2 Å². The summed E-state index contributed by atoms with van der Waals surface area (Å²) in [5.74, 6) is 1.07. The highest BCUT2D eigenvalue weighted by Gasteiger charge is 2.21. The molecule has 25 heavy (non-hydrogen) atoms. The van der Waals surface area contributed by atoms with E-state index in [1.165, 1.54) is 31.4 Å². The Morgan fingerprint density at radius 3 is 2.76 bits per heavy atom. The molecule has 5 nitrogen and oxygen atoms in total. The molecule has 1 aliphatic rings. The van der Waals surface area contributed by atoms with Crippen molar-refractivity contribution in [2.45, 2.75) is 51.3 Å². The van der Waals surface area contributed by atoms with Gasteiger partial charge in [0.2, 0.25) is 5.88 Å². The van der Waals surface area contributed by atoms with Gasteiger partial charge in [0.25, 0.3) is 0 Å². The van der Waals surface area contributed by atoms with E-state index in [0.29, 0.717) is 23.9 Å². The smallest absolute Gasteiger partial charge is 0.212 e. The fourth-order valence-corrected chi connectivity index (χ4v) is 3.40. The van der Waals surface area contributed by atoms with Gasteiger partial charge in [-0.15, -0.1) is 0 Å². The minimum Gasteiger partial charge on any atom is -0.496 e. The van der Waals surface area contributed by atoms with Crippen LogP contribution in [0.3, 0.4) is 0 Å². The minimum absolute atomic E-state index is 0.248. The number of rotatable bonds is 7. The monoisotopic (exact) mass is 347 g/mol. The highest BCUT2D eigenvalue weighted by molar-refractivity contribution is 5.33. The van der Waals surface area contributed by atoms with E-state index in [-0.39, 0.29) is 12.4 Å². The third kappa shape index (κ3) is 4.31. The average Bonchev–Trinajstić information content (AvgIpc) is 3.04. The van der Waals surface area contributed by atoms with Crippen LogP contribution in [0, 0.1) is 5.82 Å². The summed E-state index contributed by atoms with van der Waals surface area (Å²) in [5, 5.41) is 7.85. The lowest BCUT2D eigenvalue weighted by Gasteiger charge is -2.23. The summed E-state index contributed by atoms with van der Waals surface area (Å²) in [6, 6.07) is 6.81. The summed E-state index contributed by atoms with van der Waals surface area (Å²) in [5.41, 5.74) is 1.64. The number of methoxy groups -OCH3 is 1. The molecular formula is C19H26FN3O2. The van der Waals surface area contributed by atoms with Crippen LogP contribution in [0.1, 0.15) is 49.4 Å². The van der Waals surface area contributed by atoms with Gasteiger partial charge in [-0.2, -0.15) is 5.10 Å². The number of ether oxygens (including phenoxy) is 2. The van der Waals surface area contributed by atoms with E-state index in [2.05, 4.69) is 5.32 Å². The average molecular weight is 347 g/mol. The molecule has 0 bridgehead atoms. The molecular weight excluding hydrogens is 321 g/mol. The van der Waals surface area contributed by atoms with E-state index >= 15 is 0 Å². The molecule has 2 aromatic rings. The van der Waals surface area contributed by atoms with E-state index in [4.69, 9.17) is 14.6 Å². The van der Waals surface area contributed by atoms with E-state index in [0.717, 1.165) is 24.4 Å². The molecule has 1 aromatic heterocycles. The van der Waals surface area contributed by atoms with Gasteiger partial charge in [0.15, 0.2) is 0 Å². The fourth-order valence-electron chi connectivity index (χ4n) is 3.40. The number of hydrogen-bond donors (Lipinski definition) is 1. The van der Waals surface area contributed by atoms with Crippen LogP contribution in [0.15, 0.2) is 24.3 Å². The van der Waals surface area contributed by atoms with Crippen molar-refractivity contribution in [2.24, 2.45) is 0 Å². The molecule has 0 saturated heterocycles. The zero-order valence-corrected chi connectivity index (χ0v) is 14.9. The molecule has 0 aliphatic heterocycles. The predicted molar refractivity (Wildman–Crippen MR) is 94.4 cm³/mol. The Morgan fingerprint density at radius 2 is 2.04 bits per heavy atom. The van der Waals surface area contributed by atoms with Crippen LogP contribution in [-0.2, 0) is 13.2 Å². The normalized spacial score (nSPS) is 15.3. The largest absolute Gasteiger partial charge is 0.496 e. The molecule has 1 saturated carbocycles. The van der Waals surface area contributed by atoms with Crippen molar-refractivity contribution in [3.63, 3.8) is 0 Å². The van der Waals surface area contributed by atoms with E-state index < -0.39 is 0 Å². The SMILES string of the molecule is CNCc1cc(OCc2cc(F)ccc2OC)n(C2CCCCC2)n1. The molecule has 0 unspecified atom stereocenters. The second-order valence-electron chi connectivity index (χ2n) is 6.49.